The van der Waals surface area contributed by atoms with Gasteiger partial charge >= 0.3 is 6.09 Å². The molecule has 2 heterocycles. The predicted octanol–water partition coefficient (Wildman–Crippen LogP) is 3.97. The Kier molecular flexibility index (Phi) is 9.75. The molecule has 0 spiro atoms. The van der Waals surface area contributed by atoms with Crippen molar-refractivity contribution in [3.8, 4) is 17.1 Å². The van der Waals surface area contributed by atoms with Crippen LogP contribution in [0.1, 0.15) is 49.8 Å². The molecule has 1 atom stereocenters. The highest BCUT2D eigenvalue weighted by Gasteiger charge is 2.35. The monoisotopic (exact) mass is 620 g/mol. The minimum Gasteiger partial charge on any atom is -0.494 e. The van der Waals surface area contributed by atoms with Gasteiger partial charge in [0.05, 0.1) is 31.9 Å². The van der Waals surface area contributed by atoms with Crippen LogP contribution in [0.3, 0.4) is 0 Å². The first-order valence-corrected chi connectivity index (χ1v) is 13.9. The van der Waals surface area contributed by atoms with Crippen molar-refractivity contribution >= 4 is 23.5 Å². The van der Waals surface area contributed by atoms with Crippen molar-refractivity contribution in [1.82, 2.24) is 25.1 Å². The van der Waals surface area contributed by atoms with Gasteiger partial charge in [-0.1, -0.05) is 50.2 Å². The van der Waals surface area contributed by atoms with E-state index in [1.165, 1.54) is 25.4 Å². The molecule has 2 amide bonds. The number of anilines is 1. The lowest BCUT2D eigenvalue weighted by molar-refractivity contribution is -0.122. The van der Waals surface area contributed by atoms with Crippen LogP contribution >= 0.6 is 0 Å². The van der Waals surface area contributed by atoms with Gasteiger partial charge in [0.2, 0.25) is 17.6 Å². The Balaban J connectivity index is 1.59. The first-order chi connectivity index (χ1) is 21.4. The standard InChI is InChI=1S/C31H33FN6O7/c1-17(2)24(25(40)27-36-37-29(45-27)31(3,4)19-12-13-22(43-5)20(32)14-19)35-23(39)16-38-26(18-10-8-7-9-11-18)33-15-21(28(38)41)34-30(42)44-6/h7-15,17,24H,16H2,1-6H3,(H,34,42)(H,35,39). The highest BCUT2D eigenvalue weighted by molar-refractivity contribution is 5.98. The lowest BCUT2D eigenvalue weighted by atomic mass is 9.84. The van der Waals surface area contributed by atoms with Crippen molar-refractivity contribution < 1.29 is 32.7 Å². The molecule has 0 fully saturated rings. The molecule has 0 aliphatic rings. The maximum Gasteiger partial charge on any atom is 0.411 e. The van der Waals surface area contributed by atoms with Crippen molar-refractivity contribution in [1.29, 1.82) is 0 Å². The SMILES string of the molecule is COC(=O)Nc1cnc(-c2ccccc2)n(CC(=O)NC(C(=O)c2nnc(C(C)(C)c3ccc(OC)c(F)c3)o2)C(C)C)c1=O. The zero-order valence-corrected chi connectivity index (χ0v) is 25.6. The molecule has 45 heavy (non-hydrogen) atoms. The summed E-state index contributed by atoms with van der Waals surface area (Å²) >= 11 is 0. The average molecular weight is 621 g/mol. The molecule has 0 radical (unpaired) electrons. The predicted molar refractivity (Wildman–Crippen MR) is 160 cm³/mol. The molecule has 0 saturated heterocycles. The summed E-state index contributed by atoms with van der Waals surface area (Å²) in [7, 11) is 2.50. The summed E-state index contributed by atoms with van der Waals surface area (Å²) in [6, 6.07) is 12.0. The fraction of sp³-hybridized carbons (Fsp3) is 0.323. The third kappa shape index (κ3) is 7.06. The van der Waals surface area contributed by atoms with Gasteiger partial charge in [-0.05, 0) is 37.5 Å². The van der Waals surface area contributed by atoms with E-state index in [0.717, 1.165) is 11.7 Å². The normalized spacial score (nSPS) is 12.0. The van der Waals surface area contributed by atoms with E-state index < -0.39 is 53.1 Å². The van der Waals surface area contributed by atoms with Gasteiger partial charge in [0.15, 0.2) is 11.6 Å². The van der Waals surface area contributed by atoms with Crippen LogP contribution in [-0.2, 0) is 21.5 Å². The van der Waals surface area contributed by atoms with Crippen LogP contribution in [0.15, 0.2) is 63.9 Å². The molecule has 2 N–H and O–H groups in total. The van der Waals surface area contributed by atoms with Crippen LogP contribution in [-0.4, -0.2) is 57.8 Å². The number of ketones is 1. The van der Waals surface area contributed by atoms with Crippen LogP contribution in [0.4, 0.5) is 14.9 Å². The Morgan fingerprint density at radius 3 is 2.40 bits per heavy atom. The van der Waals surface area contributed by atoms with Crippen LogP contribution < -0.4 is 20.9 Å². The molecule has 4 aromatic rings. The Hall–Kier alpha value is -5.40. The number of hydrogen-bond acceptors (Lipinski definition) is 10. The molecule has 1 unspecified atom stereocenters. The molecule has 2 aromatic carbocycles. The van der Waals surface area contributed by atoms with E-state index in [2.05, 4.69) is 30.6 Å². The smallest absolute Gasteiger partial charge is 0.411 e. The number of benzene rings is 2. The molecule has 0 saturated carbocycles. The molecule has 14 heteroatoms. The molecular weight excluding hydrogens is 587 g/mol. The van der Waals surface area contributed by atoms with E-state index in [1.54, 1.807) is 64.1 Å². The lowest BCUT2D eigenvalue weighted by Crippen LogP contribution is -2.46. The molecule has 4 rings (SSSR count). The van der Waals surface area contributed by atoms with E-state index in [4.69, 9.17) is 9.15 Å². The van der Waals surface area contributed by atoms with E-state index in [-0.39, 0.29) is 29.0 Å². The van der Waals surface area contributed by atoms with E-state index in [1.807, 2.05) is 0 Å². The molecule has 2 aromatic heterocycles. The highest BCUT2D eigenvalue weighted by Crippen LogP contribution is 2.33. The second-order valence-electron chi connectivity index (χ2n) is 10.9. The topological polar surface area (TPSA) is 168 Å². The molecule has 0 aliphatic carbocycles. The second kappa shape index (κ2) is 13.5. The molecular formula is C31H33FN6O7. The van der Waals surface area contributed by atoms with Gasteiger partial charge in [0, 0.05) is 5.56 Å². The number of amides is 2. The van der Waals surface area contributed by atoms with Gasteiger partial charge in [-0.15, -0.1) is 10.2 Å². The third-order valence-electron chi connectivity index (χ3n) is 7.11. The molecule has 236 valence electrons. The number of nitrogens with zero attached hydrogens (tertiary/aromatic N) is 4. The van der Waals surface area contributed by atoms with Crippen molar-refractivity contribution in [3.63, 3.8) is 0 Å². The zero-order chi connectivity index (χ0) is 32.9. The second-order valence-corrected chi connectivity index (χ2v) is 10.9. The summed E-state index contributed by atoms with van der Waals surface area (Å²) in [6.45, 7) is 6.37. The minimum absolute atomic E-state index is 0.0595. The van der Waals surface area contributed by atoms with E-state index in [9.17, 15) is 23.6 Å². The van der Waals surface area contributed by atoms with Crippen molar-refractivity contribution in [3.05, 3.63) is 88.2 Å². The Morgan fingerprint density at radius 1 is 1.07 bits per heavy atom. The number of hydrogen-bond donors (Lipinski definition) is 2. The van der Waals surface area contributed by atoms with E-state index in [0.29, 0.717) is 11.1 Å². The highest BCUT2D eigenvalue weighted by atomic mass is 19.1. The number of Topliss-reactive ketones (excluding diaryl/α,β-unsaturated/α-hetero) is 1. The largest absolute Gasteiger partial charge is 0.494 e. The number of rotatable bonds is 11. The fourth-order valence-corrected chi connectivity index (χ4v) is 4.49. The Bertz CT molecular complexity index is 1770. The summed E-state index contributed by atoms with van der Waals surface area (Å²) in [4.78, 5) is 56.3. The molecule has 0 bridgehead atoms. The van der Waals surface area contributed by atoms with Crippen LogP contribution in [0.5, 0.6) is 5.75 Å². The van der Waals surface area contributed by atoms with Gasteiger partial charge in [-0.3, -0.25) is 24.3 Å². The van der Waals surface area contributed by atoms with Crippen LogP contribution in [0, 0.1) is 11.7 Å². The number of carbonyl (C=O) groups excluding carboxylic acids is 3. The van der Waals surface area contributed by atoms with Gasteiger partial charge in [0.25, 0.3) is 11.4 Å². The fourth-order valence-electron chi connectivity index (χ4n) is 4.49. The summed E-state index contributed by atoms with van der Waals surface area (Å²) in [5, 5.41) is 12.9. The lowest BCUT2D eigenvalue weighted by Gasteiger charge is -2.22. The van der Waals surface area contributed by atoms with Gasteiger partial charge in [-0.2, -0.15) is 0 Å². The average Bonchev–Trinajstić information content (AvgIpc) is 3.53. The number of ether oxygens (including phenoxy) is 2. The van der Waals surface area contributed by atoms with Crippen LogP contribution in [0.2, 0.25) is 0 Å². The summed E-state index contributed by atoms with van der Waals surface area (Å²) in [5.74, 6) is -2.38. The maximum atomic E-state index is 14.4. The summed E-state index contributed by atoms with van der Waals surface area (Å²) in [5.41, 5.74) is -0.838. The first kappa shape index (κ1) is 32.5. The van der Waals surface area contributed by atoms with E-state index >= 15 is 0 Å². The number of methoxy groups -OCH3 is 2. The third-order valence-corrected chi connectivity index (χ3v) is 7.11. The van der Waals surface area contributed by atoms with Crippen LogP contribution in [0.25, 0.3) is 11.4 Å². The van der Waals surface area contributed by atoms with Crippen molar-refractivity contribution in [2.24, 2.45) is 5.92 Å². The van der Waals surface area contributed by atoms with Gasteiger partial charge in [-0.25, -0.2) is 14.2 Å². The molecule has 0 aliphatic heterocycles. The first-order valence-electron chi connectivity index (χ1n) is 13.9. The number of carbonyl (C=O) groups is 3. The Labute approximate surface area is 257 Å². The number of aromatic nitrogens is 4. The van der Waals surface area contributed by atoms with Gasteiger partial charge in [0.1, 0.15) is 18.1 Å². The Morgan fingerprint density at radius 2 is 1.78 bits per heavy atom. The van der Waals surface area contributed by atoms with Crippen molar-refractivity contribution in [2.45, 2.75) is 45.7 Å². The number of halogens is 1. The molecule has 13 nitrogen and oxygen atoms in total. The van der Waals surface area contributed by atoms with Gasteiger partial charge < -0.3 is 19.2 Å². The minimum atomic E-state index is -1.10. The van der Waals surface area contributed by atoms with Crippen molar-refractivity contribution in [2.75, 3.05) is 19.5 Å². The summed E-state index contributed by atoms with van der Waals surface area (Å²) in [6.07, 6.45) is 0.285. The number of nitrogens with one attached hydrogen (secondary N) is 2. The quantitative estimate of drug-likeness (QED) is 0.234. The maximum absolute atomic E-state index is 14.4. The summed E-state index contributed by atoms with van der Waals surface area (Å²) < 4.78 is 30.8. The zero-order valence-electron chi connectivity index (χ0n) is 25.6.